The van der Waals surface area contributed by atoms with E-state index >= 15 is 0 Å². The van der Waals surface area contributed by atoms with Gasteiger partial charge in [0.25, 0.3) is 0 Å². The highest BCUT2D eigenvalue weighted by Crippen LogP contribution is 2.35. The molecule has 0 spiro atoms. The number of ketones is 1. The Hall–Kier alpha value is -1.53. The van der Waals surface area contributed by atoms with Crippen LogP contribution in [-0.2, 0) is 0 Å². The number of benzene rings is 2. The lowest BCUT2D eigenvalue weighted by Crippen LogP contribution is -2.19. The molecule has 2 rings (SSSR count). The van der Waals surface area contributed by atoms with Crippen LogP contribution in [0.25, 0.3) is 0 Å². The van der Waals surface area contributed by atoms with Crippen LogP contribution in [0.4, 0.5) is 0 Å². The number of carbonyl (C=O) groups excluding carboxylic acids is 1. The van der Waals surface area contributed by atoms with Crippen molar-refractivity contribution in [3.63, 3.8) is 0 Å². The van der Waals surface area contributed by atoms with Gasteiger partial charge in [0.2, 0.25) is 0 Å². The topological polar surface area (TPSA) is 44.8 Å². The van der Waals surface area contributed by atoms with Gasteiger partial charge in [0.05, 0.1) is 31.0 Å². The molecule has 4 nitrogen and oxygen atoms in total. The maximum absolute atomic E-state index is 12.8. The number of Topliss-reactive ketones (excluding diaryl/α,β-unsaturated/α-hetero) is 1. The molecular formula is C18H18Br2O4. The fourth-order valence-corrected chi connectivity index (χ4v) is 3.35. The lowest BCUT2D eigenvalue weighted by atomic mass is 10.0. The van der Waals surface area contributed by atoms with E-state index in [0.29, 0.717) is 17.1 Å². The molecule has 128 valence electrons. The molecule has 2 aromatic rings. The lowest BCUT2D eigenvalue weighted by Gasteiger charge is -2.17. The van der Waals surface area contributed by atoms with Crippen LogP contribution in [0.15, 0.2) is 42.5 Å². The standard InChI is InChI=1S/C18H18Br2O4/c1-22-13-7-4-11(5-8-13)16(19)17(20)18(21)12-6-9-14(23-2)15(10-12)24-3/h4-10,16-17H,1-3H3/t16-,17-/m0/s1. The Balaban J connectivity index is 2.21. The predicted octanol–water partition coefficient (Wildman–Crippen LogP) is 4.79. The molecule has 0 bridgehead atoms. The molecule has 0 aliphatic carbocycles. The van der Waals surface area contributed by atoms with Crippen molar-refractivity contribution in [2.75, 3.05) is 21.3 Å². The molecule has 2 atom stereocenters. The van der Waals surface area contributed by atoms with Gasteiger partial charge in [0.15, 0.2) is 17.3 Å². The van der Waals surface area contributed by atoms with E-state index in [0.717, 1.165) is 11.3 Å². The van der Waals surface area contributed by atoms with Crippen LogP contribution in [0.2, 0.25) is 0 Å². The van der Waals surface area contributed by atoms with E-state index in [9.17, 15) is 4.79 Å². The fraction of sp³-hybridized carbons (Fsp3) is 0.278. The van der Waals surface area contributed by atoms with Gasteiger partial charge in [-0.25, -0.2) is 0 Å². The zero-order valence-electron chi connectivity index (χ0n) is 13.6. The molecule has 0 amide bonds. The third kappa shape index (κ3) is 4.11. The molecule has 0 N–H and O–H groups in total. The molecule has 24 heavy (non-hydrogen) atoms. The SMILES string of the molecule is COc1ccc([C@H](Br)[C@H](Br)C(=O)c2ccc(OC)c(OC)c2)cc1. The van der Waals surface area contributed by atoms with E-state index in [1.54, 1.807) is 39.5 Å². The van der Waals surface area contributed by atoms with Gasteiger partial charge in [-0.3, -0.25) is 4.79 Å². The van der Waals surface area contributed by atoms with Crippen molar-refractivity contribution < 1.29 is 19.0 Å². The first-order chi connectivity index (χ1) is 11.5. The van der Waals surface area contributed by atoms with Crippen molar-refractivity contribution in [3.05, 3.63) is 53.6 Å². The molecular weight excluding hydrogens is 440 g/mol. The van der Waals surface area contributed by atoms with Gasteiger partial charge < -0.3 is 14.2 Å². The summed E-state index contributed by atoms with van der Waals surface area (Å²) in [6.07, 6.45) is 0. The number of hydrogen-bond donors (Lipinski definition) is 0. The molecule has 0 fully saturated rings. The minimum atomic E-state index is -0.427. The highest BCUT2D eigenvalue weighted by atomic mass is 79.9. The minimum absolute atomic E-state index is 0.0475. The highest BCUT2D eigenvalue weighted by molar-refractivity contribution is 9.12. The predicted molar refractivity (Wildman–Crippen MR) is 101 cm³/mol. The van der Waals surface area contributed by atoms with Gasteiger partial charge >= 0.3 is 0 Å². The number of methoxy groups -OCH3 is 3. The molecule has 0 aliphatic heterocycles. The quantitative estimate of drug-likeness (QED) is 0.442. The molecule has 0 aliphatic rings. The van der Waals surface area contributed by atoms with Gasteiger partial charge in [0, 0.05) is 5.56 Å². The van der Waals surface area contributed by atoms with Crippen LogP contribution in [0, 0.1) is 0 Å². The van der Waals surface area contributed by atoms with E-state index in [-0.39, 0.29) is 10.6 Å². The summed E-state index contributed by atoms with van der Waals surface area (Å²) < 4.78 is 15.6. The molecule has 0 heterocycles. The molecule has 0 saturated carbocycles. The summed E-state index contributed by atoms with van der Waals surface area (Å²) >= 11 is 7.10. The highest BCUT2D eigenvalue weighted by Gasteiger charge is 2.26. The lowest BCUT2D eigenvalue weighted by molar-refractivity contribution is 0.0990. The first-order valence-corrected chi connectivity index (χ1v) is 9.03. The number of hydrogen-bond acceptors (Lipinski definition) is 4. The Bertz CT molecular complexity index is 701. The van der Waals surface area contributed by atoms with Crippen molar-refractivity contribution >= 4 is 37.6 Å². The monoisotopic (exact) mass is 456 g/mol. The van der Waals surface area contributed by atoms with E-state index < -0.39 is 4.83 Å². The Morgan fingerprint density at radius 1 is 0.875 bits per heavy atom. The number of alkyl halides is 2. The molecule has 0 saturated heterocycles. The van der Waals surface area contributed by atoms with E-state index in [1.807, 2.05) is 24.3 Å². The zero-order chi connectivity index (χ0) is 17.7. The van der Waals surface area contributed by atoms with Crippen LogP contribution in [0.3, 0.4) is 0 Å². The van der Waals surface area contributed by atoms with Crippen molar-refractivity contribution in [3.8, 4) is 17.2 Å². The summed E-state index contributed by atoms with van der Waals surface area (Å²) in [7, 11) is 4.72. The van der Waals surface area contributed by atoms with Crippen molar-refractivity contribution in [1.29, 1.82) is 0 Å². The van der Waals surface area contributed by atoms with E-state index in [1.165, 1.54) is 0 Å². The summed E-state index contributed by atoms with van der Waals surface area (Å²) in [5, 5.41) is 0. The summed E-state index contributed by atoms with van der Waals surface area (Å²) in [6.45, 7) is 0. The third-order valence-corrected chi connectivity index (χ3v) is 6.32. The molecule has 0 radical (unpaired) electrons. The molecule has 6 heteroatoms. The normalized spacial score (nSPS) is 13.0. The Kier molecular flexibility index (Phi) is 6.69. The molecule has 0 aromatic heterocycles. The average molecular weight is 458 g/mol. The summed E-state index contributed by atoms with van der Waals surface area (Å²) in [6, 6.07) is 12.7. The van der Waals surface area contributed by atoms with Gasteiger partial charge in [-0.1, -0.05) is 44.0 Å². The molecule has 2 aromatic carbocycles. The maximum Gasteiger partial charge on any atom is 0.178 e. The van der Waals surface area contributed by atoms with Gasteiger partial charge in [0.1, 0.15) is 5.75 Å². The molecule has 0 unspecified atom stereocenters. The van der Waals surface area contributed by atoms with Crippen LogP contribution in [0.5, 0.6) is 17.2 Å². The largest absolute Gasteiger partial charge is 0.497 e. The van der Waals surface area contributed by atoms with E-state index in [2.05, 4.69) is 31.9 Å². The minimum Gasteiger partial charge on any atom is -0.497 e. The zero-order valence-corrected chi connectivity index (χ0v) is 16.8. The first-order valence-electron chi connectivity index (χ1n) is 7.20. The van der Waals surface area contributed by atoms with Gasteiger partial charge in [-0.05, 0) is 35.9 Å². The first kappa shape index (κ1) is 18.8. The van der Waals surface area contributed by atoms with Crippen LogP contribution in [-0.4, -0.2) is 31.9 Å². The third-order valence-electron chi connectivity index (χ3n) is 3.61. The number of halogens is 2. The van der Waals surface area contributed by atoms with Crippen LogP contribution < -0.4 is 14.2 Å². The fourth-order valence-electron chi connectivity index (χ4n) is 2.24. The summed E-state index contributed by atoms with van der Waals surface area (Å²) in [4.78, 5) is 12.1. The Morgan fingerprint density at radius 2 is 1.50 bits per heavy atom. The van der Waals surface area contributed by atoms with Gasteiger partial charge in [-0.15, -0.1) is 0 Å². The van der Waals surface area contributed by atoms with Crippen LogP contribution in [0.1, 0.15) is 20.7 Å². The number of carbonyl (C=O) groups is 1. The van der Waals surface area contributed by atoms with Gasteiger partial charge in [-0.2, -0.15) is 0 Å². The second kappa shape index (κ2) is 8.53. The average Bonchev–Trinajstić information content (AvgIpc) is 2.65. The number of ether oxygens (including phenoxy) is 3. The van der Waals surface area contributed by atoms with E-state index in [4.69, 9.17) is 14.2 Å². The second-order valence-corrected chi connectivity index (χ2v) is 6.98. The second-order valence-electron chi connectivity index (χ2n) is 5.01. The maximum atomic E-state index is 12.8. The van der Waals surface area contributed by atoms with Crippen molar-refractivity contribution in [2.45, 2.75) is 9.65 Å². The van der Waals surface area contributed by atoms with Crippen LogP contribution >= 0.6 is 31.9 Å². The van der Waals surface area contributed by atoms with Crippen molar-refractivity contribution in [2.24, 2.45) is 0 Å². The Labute approximate surface area is 158 Å². The summed E-state index contributed by atoms with van der Waals surface area (Å²) in [5.74, 6) is 1.84. The van der Waals surface area contributed by atoms with Crippen molar-refractivity contribution in [1.82, 2.24) is 0 Å². The smallest absolute Gasteiger partial charge is 0.178 e. The Morgan fingerprint density at radius 3 is 2.04 bits per heavy atom. The number of rotatable bonds is 7. The summed E-state index contributed by atoms with van der Waals surface area (Å²) in [5.41, 5.74) is 1.53.